The number of nitrogens with one attached hydrogen (secondary N) is 2. The van der Waals surface area contributed by atoms with Gasteiger partial charge in [0.15, 0.2) is 0 Å². The molecule has 1 aromatic heterocycles. The lowest BCUT2D eigenvalue weighted by Gasteiger charge is -2.25. The molecule has 1 saturated heterocycles. The fraction of sp³-hybridized carbons (Fsp3) is 0.467. The first-order chi connectivity index (χ1) is 17.7. The number of aryl methyl sites for hydroxylation is 1. The number of halogens is 1. The number of carbonyl (C=O) groups is 1. The van der Waals surface area contributed by atoms with E-state index in [1.165, 1.54) is 29.6 Å². The summed E-state index contributed by atoms with van der Waals surface area (Å²) in [6, 6.07) is 10.5. The van der Waals surface area contributed by atoms with Gasteiger partial charge >= 0.3 is 0 Å². The zero-order valence-electron chi connectivity index (χ0n) is 22.8. The Kier molecular flexibility index (Phi) is 9.62. The van der Waals surface area contributed by atoms with Crippen LogP contribution in [-0.2, 0) is 16.0 Å². The summed E-state index contributed by atoms with van der Waals surface area (Å²) in [5.74, 6) is -0.107. The van der Waals surface area contributed by atoms with E-state index in [4.69, 9.17) is 15.9 Å². The van der Waals surface area contributed by atoms with Crippen molar-refractivity contribution in [2.75, 3.05) is 25.1 Å². The van der Waals surface area contributed by atoms with Crippen molar-refractivity contribution in [3.05, 3.63) is 59.0 Å². The molecule has 1 aliphatic rings. The molecule has 0 radical (unpaired) electrons. The van der Waals surface area contributed by atoms with E-state index in [-0.39, 0.29) is 17.6 Å². The number of nitrogens with two attached hydrogens (primary N) is 1. The van der Waals surface area contributed by atoms with Gasteiger partial charge in [-0.2, -0.15) is 0 Å². The van der Waals surface area contributed by atoms with Gasteiger partial charge in [0.05, 0.1) is 11.2 Å². The Morgan fingerprint density at radius 1 is 1.19 bits per heavy atom. The van der Waals surface area contributed by atoms with E-state index >= 15 is 0 Å². The van der Waals surface area contributed by atoms with Gasteiger partial charge in [-0.1, -0.05) is 34.6 Å². The first-order valence-corrected chi connectivity index (χ1v) is 13.3. The van der Waals surface area contributed by atoms with Crippen molar-refractivity contribution in [3.63, 3.8) is 0 Å². The summed E-state index contributed by atoms with van der Waals surface area (Å²) < 4.78 is 21.7. The first-order valence-electron chi connectivity index (χ1n) is 13.3. The number of amides is 1. The van der Waals surface area contributed by atoms with E-state index in [0.717, 1.165) is 42.3 Å². The summed E-state index contributed by atoms with van der Waals surface area (Å²) in [6.07, 6.45) is 4.70. The first kappa shape index (κ1) is 28.5. The second-order valence-corrected chi connectivity index (χ2v) is 10.3. The van der Waals surface area contributed by atoms with Gasteiger partial charge in [-0.3, -0.25) is 4.79 Å². The lowest BCUT2D eigenvalue weighted by Crippen LogP contribution is -2.28. The standard InChI is InChI=1S/C28H35FN4O2.C2H6/c1-28(2,3)27(34)32-24-16-23-22(5-4-12-30)26(18-10-13-35-14-11-18)33(25(23)15-19(24)17-31)21-8-6-20(29)7-9-21;1-2/h6-9,15-18,31H,4-5,10-14,30H2,1-3H3,(H,32,34);1-2H3. The van der Waals surface area contributed by atoms with Gasteiger partial charge in [0.25, 0.3) is 0 Å². The number of fused-ring (bicyclic) bond motifs is 1. The number of hydrogen-bond donors (Lipinski definition) is 3. The Labute approximate surface area is 219 Å². The minimum absolute atomic E-state index is 0.105. The third-order valence-corrected chi connectivity index (χ3v) is 6.69. The molecule has 3 aromatic rings. The molecule has 0 saturated carbocycles. The maximum Gasteiger partial charge on any atom is 0.229 e. The minimum atomic E-state index is -0.566. The number of anilines is 1. The van der Waals surface area contributed by atoms with Crippen LogP contribution in [0.5, 0.6) is 0 Å². The number of hydrogen-bond acceptors (Lipinski definition) is 4. The van der Waals surface area contributed by atoms with E-state index in [2.05, 4.69) is 9.88 Å². The molecule has 1 aliphatic heterocycles. The molecule has 1 fully saturated rings. The highest BCUT2D eigenvalue weighted by Gasteiger charge is 2.28. The van der Waals surface area contributed by atoms with Crippen LogP contribution in [0.4, 0.5) is 10.1 Å². The number of aromatic nitrogens is 1. The highest BCUT2D eigenvalue weighted by atomic mass is 19.1. The topological polar surface area (TPSA) is 93.1 Å². The van der Waals surface area contributed by atoms with Crippen LogP contribution in [-0.4, -0.2) is 36.4 Å². The predicted molar refractivity (Wildman–Crippen MR) is 151 cm³/mol. The molecule has 0 bridgehead atoms. The highest BCUT2D eigenvalue weighted by Crippen LogP contribution is 2.40. The third-order valence-electron chi connectivity index (χ3n) is 6.69. The molecule has 37 heavy (non-hydrogen) atoms. The Morgan fingerprint density at radius 3 is 2.41 bits per heavy atom. The van der Waals surface area contributed by atoms with Crippen molar-refractivity contribution in [3.8, 4) is 5.69 Å². The van der Waals surface area contributed by atoms with E-state index in [9.17, 15) is 9.18 Å². The largest absolute Gasteiger partial charge is 0.381 e. The molecule has 0 spiro atoms. The van der Waals surface area contributed by atoms with E-state index in [0.29, 0.717) is 31.0 Å². The van der Waals surface area contributed by atoms with Crippen LogP contribution in [0.3, 0.4) is 0 Å². The van der Waals surface area contributed by atoms with E-state index in [1.807, 2.05) is 46.8 Å². The summed E-state index contributed by atoms with van der Waals surface area (Å²) in [5.41, 5.74) is 10.8. The van der Waals surface area contributed by atoms with Gasteiger partial charge in [0, 0.05) is 53.1 Å². The number of carbonyl (C=O) groups excluding carboxylic acids is 1. The minimum Gasteiger partial charge on any atom is -0.381 e. The van der Waals surface area contributed by atoms with Gasteiger partial charge in [-0.25, -0.2) is 4.39 Å². The van der Waals surface area contributed by atoms with E-state index in [1.54, 1.807) is 12.1 Å². The molecule has 0 unspecified atom stereocenters. The number of nitrogens with zero attached hydrogens (tertiary/aromatic N) is 1. The van der Waals surface area contributed by atoms with Gasteiger partial charge in [-0.05, 0) is 74.2 Å². The second-order valence-electron chi connectivity index (χ2n) is 10.3. The summed E-state index contributed by atoms with van der Waals surface area (Å²) in [5, 5.41) is 12.1. The quantitative estimate of drug-likeness (QED) is 0.315. The predicted octanol–water partition coefficient (Wildman–Crippen LogP) is 6.56. The van der Waals surface area contributed by atoms with Crippen LogP contribution in [0, 0.1) is 16.6 Å². The Morgan fingerprint density at radius 2 is 1.84 bits per heavy atom. The molecular weight excluding hydrogens is 467 g/mol. The Balaban J connectivity index is 0.00000186. The average molecular weight is 509 g/mol. The van der Waals surface area contributed by atoms with Crippen molar-refractivity contribution in [2.24, 2.45) is 11.1 Å². The van der Waals surface area contributed by atoms with Gasteiger partial charge in [0.2, 0.25) is 5.91 Å². The molecule has 6 nitrogen and oxygen atoms in total. The van der Waals surface area contributed by atoms with Gasteiger partial charge < -0.3 is 25.8 Å². The summed E-state index contributed by atoms with van der Waals surface area (Å²) in [7, 11) is 0. The lowest BCUT2D eigenvalue weighted by atomic mass is 9.91. The van der Waals surface area contributed by atoms with Crippen molar-refractivity contribution >= 4 is 28.7 Å². The molecule has 1 amide bonds. The molecular formula is C30H41FN4O2. The lowest BCUT2D eigenvalue weighted by molar-refractivity contribution is -0.123. The van der Waals surface area contributed by atoms with Gasteiger partial charge in [-0.15, -0.1) is 0 Å². The van der Waals surface area contributed by atoms with Gasteiger partial charge in [0.1, 0.15) is 5.82 Å². The number of ether oxygens (including phenoxy) is 1. The maximum atomic E-state index is 13.8. The zero-order chi connectivity index (χ0) is 27.2. The summed E-state index contributed by atoms with van der Waals surface area (Å²) >= 11 is 0. The number of benzene rings is 2. The monoisotopic (exact) mass is 508 g/mol. The average Bonchev–Trinajstić information content (AvgIpc) is 3.21. The second kappa shape index (κ2) is 12.5. The molecule has 0 aliphatic carbocycles. The van der Waals surface area contributed by atoms with Crippen LogP contribution in [0.15, 0.2) is 36.4 Å². The molecule has 4 N–H and O–H groups in total. The summed E-state index contributed by atoms with van der Waals surface area (Å²) in [4.78, 5) is 12.8. The van der Waals surface area contributed by atoms with Crippen molar-refractivity contribution in [1.82, 2.24) is 4.57 Å². The normalized spacial score (nSPS) is 14.2. The van der Waals surface area contributed by atoms with Crippen LogP contribution in [0.25, 0.3) is 16.6 Å². The molecule has 2 heterocycles. The molecule has 0 atom stereocenters. The summed E-state index contributed by atoms with van der Waals surface area (Å²) in [6.45, 7) is 11.6. The maximum absolute atomic E-state index is 13.8. The number of rotatable bonds is 7. The Bertz CT molecular complexity index is 1220. The third kappa shape index (κ3) is 6.28. The fourth-order valence-electron chi connectivity index (χ4n) is 4.78. The molecule has 7 heteroatoms. The zero-order valence-corrected chi connectivity index (χ0v) is 22.8. The highest BCUT2D eigenvalue weighted by molar-refractivity contribution is 6.04. The molecule has 4 rings (SSSR count). The van der Waals surface area contributed by atoms with E-state index < -0.39 is 5.41 Å². The van der Waals surface area contributed by atoms with Crippen molar-refractivity contribution in [1.29, 1.82) is 5.41 Å². The molecule has 2 aromatic carbocycles. The fourth-order valence-corrected chi connectivity index (χ4v) is 4.78. The Hall–Kier alpha value is -3.03. The van der Waals surface area contributed by atoms with Crippen LogP contribution >= 0.6 is 0 Å². The molecule has 200 valence electrons. The van der Waals surface area contributed by atoms with Crippen molar-refractivity contribution < 1.29 is 13.9 Å². The van der Waals surface area contributed by atoms with Crippen LogP contribution < -0.4 is 11.1 Å². The van der Waals surface area contributed by atoms with Crippen molar-refractivity contribution in [2.45, 2.75) is 66.2 Å². The SMILES string of the molecule is CC.CC(C)(C)C(=O)Nc1cc2c(CCCN)c(C3CCOCC3)n(-c3ccc(F)cc3)c2cc1C=N. The van der Waals surface area contributed by atoms with Crippen LogP contribution in [0.1, 0.15) is 76.6 Å². The van der Waals surface area contributed by atoms with Crippen LogP contribution in [0.2, 0.25) is 0 Å². The smallest absolute Gasteiger partial charge is 0.229 e.